The zero-order valence-electron chi connectivity index (χ0n) is 12.2. The van der Waals surface area contributed by atoms with Gasteiger partial charge in [-0.05, 0) is 38.9 Å². The van der Waals surface area contributed by atoms with Gasteiger partial charge in [0.1, 0.15) is 16.8 Å². The molecule has 110 valence electrons. The lowest BCUT2D eigenvalue weighted by Crippen LogP contribution is -2.35. The number of hydrogen-bond acceptors (Lipinski definition) is 4. The number of nitrogens with zero attached hydrogens (tertiary/aromatic N) is 2. The topological polar surface area (TPSA) is 37.8 Å². The first kappa shape index (κ1) is 14.5. The van der Waals surface area contributed by atoms with Crippen molar-refractivity contribution in [2.75, 3.05) is 11.6 Å². The minimum Gasteiger partial charge on any atom is -0.366 e. The lowest BCUT2D eigenvalue weighted by atomic mass is 9.95. The van der Waals surface area contributed by atoms with E-state index in [1.807, 2.05) is 18.7 Å². The van der Waals surface area contributed by atoms with Crippen LogP contribution in [0.1, 0.15) is 55.8 Å². The van der Waals surface area contributed by atoms with Gasteiger partial charge in [0, 0.05) is 22.8 Å². The van der Waals surface area contributed by atoms with Crippen LogP contribution in [-0.2, 0) is 0 Å². The molecule has 0 spiro atoms. The number of rotatable bonds is 4. The molecule has 2 fully saturated rings. The molecule has 1 N–H and O–H groups in total. The highest BCUT2D eigenvalue weighted by Crippen LogP contribution is 2.40. The number of hydrogen-bond donors (Lipinski definition) is 1. The fraction of sp³-hybridized carbons (Fsp3) is 0.733. The minimum absolute atomic E-state index is 0.510. The highest BCUT2D eigenvalue weighted by Gasteiger charge is 2.29. The molecular weight excluding hydrogens is 290 g/mol. The maximum atomic E-state index is 6.28. The molecule has 2 aliphatic carbocycles. The first-order chi connectivity index (χ1) is 9.69. The molecule has 3 rings (SSSR count). The predicted octanol–water partition coefficient (Wildman–Crippen LogP) is 4.40. The van der Waals surface area contributed by atoms with E-state index in [1.165, 1.54) is 38.5 Å². The highest BCUT2D eigenvalue weighted by atomic mass is 35.5. The first-order valence-electron chi connectivity index (χ1n) is 7.52. The Morgan fingerprint density at radius 2 is 1.90 bits per heavy atom. The van der Waals surface area contributed by atoms with Crippen LogP contribution in [-0.4, -0.2) is 27.5 Å². The second-order valence-corrected chi connectivity index (χ2v) is 7.36. The predicted molar refractivity (Wildman–Crippen MR) is 86.9 cm³/mol. The van der Waals surface area contributed by atoms with Crippen molar-refractivity contribution >= 4 is 29.2 Å². The molecule has 2 unspecified atom stereocenters. The van der Waals surface area contributed by atoms with E-state index in [4.69, 9.17) is 16.6 Å². The lowest BCUT2D eigenvalue weighted by molar-refractivity contribution is 0.474. The third-order valence-electron chi connectivity index (χ3n) is 4.37. The third-order valence-corrected chi connectivity index (χ3v) is 5.91. The van der Waals surface area contributed by atoms with Crippen LogP contribution >= 0.6 is 23.4 Å². The molecular formula is C15H22ClN3S. The van der Waals surface area contributed by atoms with Crippen LogP contribution in [0.25, 0.3) is 0 Å². The van der Waals surface area contributed by atoms with Crippen molar-refractivity contribution in [3.05, 3.63) is 16.5 Å². The van der Waals surface area contributed by atoms with Gasteiger partial charge in [0.2, 0.25) is 0 Å². The molecule has 1 heterocycles. The molecule has 2 atom stereocenters. The van der Waals surface area contributed by atoms with Crippen molar-refractivity contribution in [3.8, 4) is 0 Å². The van der Waals surface area contributed by atoms with Crippen LogP contribution in [0.5, 0.6) is 0 Å². The Labute approximate surface area is 130 Å². The number of aromatic nitrogens is 2. The summed E-state index contributed by atoms with van der Waals surface area (Å²) in [6.07, 6.45) is 9.80. The van der Waals surface area contributed by atoms with Gasteiger partial charge in [-0.25, -0.2) is 9.97 Å². The average Bonchev–Trinajstić information content (AvgIpc) is 3.28. The zero-order valence-corrected chi connectivity index (χ0v) is 13.7. The van der Waals surface area contributed by atoms with Gasteiger partial charge in [0.25, 0.3) is 0 Å². The Kier molecular flexibility index (Phi) is 4.41. The fourth-order valence-corrected chi connectivity index (χ4v) is 4.00. The number of nitrogens with one attached hydrogen (secondary N) is 1. The van der Waals surface area contributed by atoms with E-state index in [9.17, 15) is 0 Å². The SMILES string of the molecule is CSC1CCCCC1Nc1nc(C2CC2)nc(Cl)c1C. The minimum atomic E-state index is 0.510. The highest BCUT2D eigenvalue weighted by molar-refractivity contribution is 7.99. The standard InChI is InChI=1S/C15H22ClN3S/c1-9-13(16)18-15(10-7-8-10)19-14(9)17-11-5-3-4-6-12(11)20-2/h10-12H,3-8H2,1-2H3,(H,17,18,19). The summed E-state index contributed by atoms with van der Waals surface area (Å²) in [5, 5.41) is 4.95. The van der Waals surface area contributed by atoms with Gasteiger partial charge in [-0.3, -0.25) is 0 Å². The van der Waals surface area contributed by atoms with Gasteiger partial charge in [0.15, 0.2) is 0 Å². The van der Waals surface area contributed by atoms with Gasteiger partial charge >= 0.3 is 0 Å². The van der Waals surface area contributed by atoms with E-state index in [1.54, 1.807) is 0 Å². The Bertz CT molecular complexity index is 490. The van der Waals surface area contributed by atoms with Crippen molar-refractivity contribution in [1.29, 1.82) is 0 Å². The van der Waals surface area contributed by atoms with Gasteiger partial charge in [-0.1, -0.05) is 24.4 Å². The van der Waals surface area contributed by atoms with E-state index in [0.717, 1.165) is 17.2 Å². The summed E-state index contributed by atoms with van der Waals surface area (Å²) in [5.41, 5.74) is 0.987. The van der Waals surface area contributed by atoms with E-state index in [2.05, 4.69) is 16.6 Å². The van der Waals surface area contributed by atoms with Crippen LogP contribution in [0.4, 0.5) is 5.82 Å². The second kappa shape index (κ2) is 6.10. The molecule has 20 heavy (non-hydrogen) atoms. The monoisotopic (exact) mass is 311 g/mol. The number of anilines is 1. The maximum Gasteiger partial charge on any atom is 0.137 e. The molecule has 0 amide bonds. The largest absolute Gasteiger partial charge is 0.366 e. The smallest absolute Gasteiger partial charge is 0.137 e. The third kappa shape index (κ3) is 3.06. The Hall–Kier alpha value is -0.480. The molecule has 3 nitrogen and oxygen atoms in total. The second-order valence-electron chi connectivity index (χ2n) is 5.93. The molecule has 0 aromatic carbocycles. The molecule has 1 aromatic rings. The summed E-state index contributed by atoms with van der Waals surface area (Å²) < 4.78 is 0. The van der Waals surface area contributed by atoms with Crippen LogP contribution in [0.3, 0.4) is 0 Å². The van der Waals surface area contributed by atoms with Crippen LogP contribution in [0.2, 0.25) is 5.15 Å². The normalized spacial score (nSPS) is 26.6. The van der Waals surface area contributed by atoms with E-state index in [-0.39, 0.29) is 0 Å². The molecule has 0 bridgehead atoms. The van der Waals surface area contributed by atoms with Gasteiger partial charge < -0.3 is 5.32 Å². The first-order valence-corrected chi connectivity index (χ1v) is 9.19. The number of halogens is 1. The number of thioether (sulfide) groups is 1. The van der Waals surface area contributed by atoms with Crippen LogP contribution < -0.4 is 5.32 Å². The summed E-state index contributed by atoms with van der Waals surface area (Å²) in [7, 11) is 0. The molecule has 0 aliphatic heterocycles. The summed E-state index contributed by atoms with van der Waals surface area (Å²) in [6.45, 7) is 2.01. The summed E-state index contributed by atoms with van der Waals surface area (Å²) in [4.78, 5) is 9.18. The van der Waals surface area contributed by atoms with Gasteiger partial charge in [-0.15, -0.1) is 0 Å². The Morgan fingerprint density at radius 1 is 1.15 bits per heavy atom. The lowest BCUT2D eigenvalue weighted by Gasteiger charge is -2.31. The zero-order chi connectivity index (χ0) is 14.1. The maximum absolute atomic E-state index is 6.28. The van der Waals surface area contributed by atoms with Gasteiger partial charge in [0.05, 0.1) is 0 Å². The molecule has 5 heteroatoms. The average molecular weight is 312 g/mol. The van der Waals surface area contributed by atoms with Crippen LogP contribution in [0, 0.1) is 6.92 Å². The van der Waals surface area contributed by atoms with Crippen molar-refractivity contribution in [3.63, 3.8) is 0 Å². The Balaban J connectivity index is 1.81. The quantitative estimate of drug-likeness (QED) is 0.836. The fourth-order valence-electron chi connectivity index (χ4n) is 2.89. The van der Waals surface area contributed by atoms with Gasteiger partial charge in [-0.2, -0.15) is 11.8 Å². The molecule has 2 aliphatic rings. The molecule has 0 saturated heterocycles. The summed E-state index contributed by atoms with van der Waals surface area (Å²) in [6, 6.07) is 0.510. The Morgan fingerprint density at radius 3 is 2.60 bits per heavy atom. The van der Waals surface area contributed by atoms with E-state index in [0.29, 0.717) is 22.4 Å². The van der Waals surface area contributed by atoms with Crippen molar-refractivity contribution < 1.29 is 0 Å². The molecule has 0 radical (unpaired) electrons. The van der Waals surface area contributed by atoms with Crippen molar-refractivity contribution in [2.24, 2.45) is 0 Å². The summed E-state index contributed by atoms with van der Waals surface area (Å²) >= 11 is 8.25. The molecule has 1 aromatic heterocycles. The molecule has 2 saturated carbocycles. The van der Waals surface area contributed by atoms with Crippen molar-refractivity contribution in [1.82, 2.24) is 9.97 Å². The summed E-state index contributed by atoms with van der Waals surface area (Å²) in [5.74, 6) is 2.42. The van der Waals surface area contributed by atoms with E-state index >= 15 is 0 Å². The van der Waals surface area contributed by atoms with E-state index < -0.39 is 0 Å². The van der Waals surface area contributed by atoms with Crippen LogP contribution in [0.15, 0.2) is 0 Å². The van der Waals surface area contributed by atoms with Crippen molar-refractivity contribution in [2.45, 2.75) is 62.7 Å².